The topological polar surface area (TPSA) is 56.2 Å². The number of carbonyl (C=O) groups excluding carboxylic acids is 1. The number of halogens is 1. The van der Waals surface area contributed by atoms with Crippen LogP contribution in [0.4, 0.5) is 0 Å². The van der Waals surface area contributed by atoms with E-state index in [1.54, 1.807) is 6.08 Å². The molecule has 0 saturated carbocycles. The molecule has 17 heavy (non-hydrogen) atoms. The highest BCUT2D eigenvalue weighted by Gasteiger charge is 2.07. The summed E-state index contributed by atoms with van der Waals surface area (Å²) in [6, 6.07) is 5.91. The lowest BCUT2D eigenvalue weighted by molar-refractivity contribution is -0.113. The molecule has 1 heterocycles. The van der Waals surface area contributed by atoms with Crippen LogP contribution in [-0.2, 0) is 11.2 Å². The van der Waals surface area contributed by atoms with E-state index in [9.17, 15) is 4.79 Å². The molecule has 0 saturated heterocycles. The number of primary amides is 1. The van der Waals surface area contributed by atoms with Crippen LogP contribution in [0.5, 0.6) is 0 Å². The van der Waals surface area contributed by atoms with Crippen LogP contribution in [0.1, 0.15) is 18.2 Å². The number of rotatable bonds is 3. The first-order valence-electron chi connectivity index (χ1n) is 5.29. The Labute approximate surface area is 107 Å². The van der Waals surface area contributed by atoms with Gasteiger partial charge >= 0.3 is 0 Å². The number of hydrogen-bond donors (Lipinski definition) is 1. The van der Waals surface area contributed by atoms with E-state index < -0.39 is 5.91 Å². The molecule has 2 rings (SSSR count). The molecule has 3 nitrogen and oxygen atoms in total. The van der Waals surface area contributed by atoms with Gasteiger partial charge in [-0.15, -0.1) is 0 Å². The molecule has 1 amide bonds. The van der Waals surface area contributed by atoms with E-state index in [2.05, 4.69) is 22.9 Å². The van der Waals surface area contributed by atoms with Gasteiger partial charge in [-0.2, -0.15) is 0 Å². The third-order valence-corrected chi connectivity index (χ3v) is 2.93. The Balaban J connectivity index is 2.53. The molecule has 0 fully saturated rings. The summed E-state index contributed by atoms with van der Waals surface area (Å²) in [6.07, 6.45) is 3.76. The highest BCUT2D eigenvalue weighted by molar-refractivity contribution is 9.10. The number of carbonyl (C=O) groups is 1. The smallest absolute Gasteiger partial charge is 0.241 e. The first-order chi connectivity index (χ1) is 8.10. The van der Waals surface area contributed by atoms with Crippen molar-refractivity contribution in [1.29, 1.82) is 0 Å². The molecule has 0 aliphatic carbocycles. The van der Waals surface area contributed by atoms with Crippen LogP contribution in [0.25, 0.3) is 17.0 Å². The zero-order chi connectivity index (χ0) is 12.4. The minimum atomic E-state index is -0.484. The summed E-state index contributed by atoms with van der Waals surface area (Å²) < 4.78 is 6.70. The van der Waals surface area contributed by atoms with E-state index in [-0.39, 0.29) is 0 Å². The third-order valence-electron chi connectivity index (χ3n) is 2.47. The van der Waals surface area contributed by atoms with Crippen LogP contribution in [0.3, 0.4) is 0 Å². The molecular weight excluding hydrogens is 282 g/mol. The molecule has 0 atom stereocenters. The Hall–Kier alpha value is -1.55. The van der Waals surface area contributed by atoms with Crippen molar-refractivity contribution in [3.05, 3.63) is 40.1 Å². The zero-order valence-electron chi connectivity index (χ0n) is 9.37. The molecule has 0 aliphatic heterocycles. The Bertz CT molecular complexity index is 599. The van der Waals surface area contributed by atoms with Crippen LogP contribution in [0, 0.1) is 0 Å². The standard InChI is InChI=1S/C13H12BrNO2/c1-2-8-5-10(14)6-9-7-11(17-13(8)9)3-4-12(15)16/h3-7H,2H2,1H3,(H2,15,16)/b4-3-. The maximum absolute atomic E-state index is 10.7. The Morgan fingerprint density at radius 2 is 2.24 bits per heavy atom. The summed E-state index contributed by atoms with van der Waals surface area (Å²) in [4.78, 5) is 10.7. The van der Waals surface area contributed by atoms with Crippen molar-refractivity contribution in [2.75, 3.05) is 0 Å². The van der Waals surface area contributed by atoms with Gasteiger partial charge < -0.3 is 10.2 Å². The lowest BCUT2D eigenvalue weighted by Gasteiger charge is -1.98. The predicted molar refractivity (Wildman–Crippen MR) is 71.5 cm³/mol. The monoisotopic (exact) mass is 293 g/mol. The van der Waals surface area contributed by atoms with E-state index >= 15 is 0 Å². The number of nitrogens with two attached hydrogens (primary N) is 1. The molecule has 0 unspecified atom stereocenters. The van der Waals surface area contributed by atoms with Crippen molar-refractivity contribution in [2.45, 2.75) is 13.3 Å². The highest BCUT2D eigenvalue weighted by atomic mass is 79.9. The van der Waals surface area contributed by atoms with Gasteiger partial charge in [0.2, 0.25) is 5.91 Å². The second-order valence-corrected chi connectivity index (χ2v) is 4.64. The number of hydrogen-bond acceptors (Lipinski definition) is 2. The van der Waals surface area contributed by atoms with Gasteiger partial charge in [0.1, 0.15) is 11.3 Å². The fourth-order valence-corrected chi connectivity index (χ4v) is 2.24. The van der Waals surface area contributed by atoms with Gasteiger partial charge in [0.05, 0.1) is 0 Å². The fourth-order valence-electron chi connectivity index (χ4n) is 1.71. The minimum absolute atomic E-state index is 0.484. The molecule has 1 aromatic heterocycles. The fraction of sp³-hybridized carbons (Fsp3) is 0.154. The highest BCUT2D eigenvalue weighted by Crippen LogP contribution is 2.28. The molecule has 0 spiro atoms. The summed E-state index contributed by atoms with van der Waals surface area (Å²) in [5.74, 6) is 0.147. The normalized spacial score (nSPS) is 11.4. The van der Waals surface area contributed by atoms with Crippen molar-refractivity contribution in [3.8, 4) is 0 Å². The van der Waals surface area contributed by atoms with Gasteiger partial charge in [-0.1, -0.05) is 22.9 Å². The SMILES string of the molecule is CCc1cc(Br)cc2cc(/C=C\C(N)=O)oc12. The Kier molecular flexibility index (Phi) is 3.33. The summed E-state index contributed by atoms with van der Waals surface area (Å²) in [5.41, 5.74) is 7.03. The Morgan fingerprint density at radius 3 is 2.88 bits per heavy atom. The molecule has 1 aromatic carbocycles. The van der Waals surface area contributed by atoms with Crippen LogP contribution in [-0.4, -0.2) is 5.91 Å². The van der Waals surface area contributed by atoms with Crippen molar-refractivity contribution in [3.63, 3.8) is 0 Å². The summed E-state index contributed by atoms with van der Waals surface area (Å²) in [5, 5.41) is 1.01. The molecule has 0 radical (unpaired) electrons. The number of amides is 1. The number of furan rings is 1. The van der Waals surface area contributed by atoms with Crippen molar-refractivity contribution in [2.24, 2.45) is 5.73 Å². The molecule has 2 N–H and O–H groups in total. The van der Waals surface area contributed by atoms with Gasteiger partial charge in [-0.25, -0.2) is 0 Å². The third kappa shape index (κ3) is 2.58. The van der Waals surface area contributed by atoms with Crippen LogP contribution in [0.2, 0.25) is 0 Å². The summed E-state index contributed by atoms with van der Waals surface area (Å²) >= 11 is 3.46. The minimum Gasteiger partial charge on any atom is -0.456 e. The maximum Gasteiger partial charge on any atom is 0.241 e. The van der Waals surface area contributed by atoms with E-state index in [4.69, 9.17) is 10.2 Å². The van der Waals surface area contributed by atoms with Crippen LogP contribution in [0.15, 0.2) is 33.2 Å². The lowest BCUT2D eigenvalue weighted by atomic mass is 10.1. The van der Waals surface area contributed by atoms with E-state index in [0.717, 1.165) is 27.4 Å². The second kappa shape index (κ2) is 4.75. The first-order valence-corrected chi connectivity index (χ1v) is 6.09. The summed E-state index contributed by atoms with van der Waals surface area (Å²) in [6.45, 7) is 2.07. The van der Waals surface area contributed by atoms with Crippen molar-refractivity contribution < 1.29 is 9.21 Å². The largest absolute Gasteiger partial charge is 0.456 e. The van der Waals surface area contributed by atoms with E-state index in [0.29, 0.717) is 5.76 Å². The van der Waals surface area contributed by atoms with Gasteiger partial charge in [-0.3, -0.25) is 4.79 Å². The molecular formula is C13H12BrNO2. The van der Waals surface area contributed by atoms with Gasteiger partial charge in [0.25, 0.3) is 0 Å². The second-order valence-electron chi connectivity index (χ2n) is 3.72. The number of aryl methyl sites for hydroxylation is 1. The summed E-state index contributed by atoms with van der Waals surface area (Å²) in [7, 11) is 0. The molecule has 0 bridgehead atoms. The van der Waals surface area contributed by atoms with Crippen molar-refractivity contribution >= 4 is 38.9 Å². The van der Waals surface area contributed by atoms with Crippen LogP contribution >= 0.6 is 15.9 Å². The average Bonchev–Trinajstić information content (AvgIpc) is 2.67. The number of fused-ring (bicyclic) bond motifs is 1. The van der Waals surface area contributed by atoms with Gasteiger partial charge in [0, 0.05) is 15.9 Å². The van der Waals surface area contributed by atoms with Gasteiger partial charge in [-0.05, 0) is 36.3 Å². The molecule has 88 valence electrons. The lowest BCUT2D eigenvalue weighted by Crippen LogP contribution is -2.04. The molecule has 2 aromatic rings. The van der Waals surface area contributed by atoms with E-state index in [1.807, 2.05) is 18.2 Å². The van der Waals surface area contributed by atoms with E-state index in [1.165, 1.54) is 6.08 Å². The number of benzene rings is 1. The maximum atomic E-state index is 10.7. The Morgan fingerprint density at radius 1 is 1.47 bits per heavy atom. The average molecular weight is 294 g/mol. The first kappa shape index (κ1) is 11.9. The van der Waals surface area contributed by atoms with Crippen molar-refractivity contribution in [1.82, 2.24) is 0 Å². The van der Waals surface area contributed by atoms with Gasteiger partial charge in [0.15, 0.2) is 0 Å². The predicted octanol–water partition coefficient (Wildman–Crippen LogP) is 3.26. The van der Waals surface area contributed by atoms with Crippen LogP contribution < -0.4 is 5.73 Å². The molecule has 0 aliphatic rings. The molecule has 4 heteroatoms. The quantitative estimate of drug-likeness (QED) is 0.883. The zero-order valence-corrected chi connectivity index (χ0v) is 11.0.